The summed E-state index contributed by atoms with van der Waals surface area (Å²) in [5, 5.41) is 2.24. The third-order valence-electron chi connectivity index (χ3n) is 3.88. The number of hydrogen-bond acceptors (Lipinski definition) is 5. The molecule has 3 rings (SSSR count). The number of esters is 1. The van der Waals surface area contributed by atoms with Crippen LogP contribution in [0, 0.1) is 0 Å². The zero-order valence-electron chi connectivity index (χ0n) is 14.4. The van der Waals surface area contributed by atoms with Gasteiger partial charge in [-0.15, -0.1) is 0 Å². The molecule has 0 aliphatic heterocycles. The molecule has 0 bridgehead atoms. The van der Waals surface area contributed by atoms with Crippen molar-refractivity contribution in [2.75, 3.05) is 6.61 Å². The number of furan rings is 1. The standard InChI is InChI=1S/C20H20BrNO4/c1-2-24-20(23)19(22)11-17-7-8-18(26-17)12-25-16-6-4-13-9-15(21)5-3-14(13)10-16/h3-10,19H,2,11-12,22H2,1H3. The van der Waals surface area contributed by atoms with Gasteiger partial charge in [-0.2, -0.15) is 0 Å². The van der Waals surface area contributed by atoms with Crippen LogP contribution in [0.25, 0.3) is 10.8 Å². The van der Waals surface area contributed by atoms with Gasteiger partial charge in [0.25, 0.3) is 0 Å². The van der Waals surface area contributed by atoms with Crippen molar-refractivity contribution in [2.45, 2.75) is 26.0 Å². The van der Waals surface area contributed by atoms with Crippen LogP contribution in [0.5, 0.6) is 5.75 Å². The van der Waals surface area contributed by atoms with Gasteiger partial charge in [-0.05, 0) is 54.1 Å². The molecule has 0 saturated carbocycles. The molecule has 26 heavy (non-hydrogen) atoms. The van der Waals surface area contributed by atoms with Gasteiger partial charge >= 0.3 is 5.97 Å². The zero-order valence-corrected chi connectivity index (χ0v) is 16.0. The summed E-state index contributed by atoms with van der Waals surface area (Å²) >= 11 is 3.47. The van der Waals surface area contributed by atoms with Crippen LogP contribution in [0.4, 0.5) is 0 Å². The van der Waals surface area contributed by atoms with E-state index in [0.29, 0.717) is 31.2 Å². The van der Waals surface area contributed by atoms with Crippen LogP contribution in [0.2, 0.25) is 0 Å². The number of rotatable bonds is 7. The van der Waals surface area contributed by atoms with Crippen molar-refractivity contribution in [3.63, 3.8) is 0 Å². The Balaban J connectivity index is 1.59. The molecule has 0 saturated heterocycles. The number of fused-ring (bicyclic) bond motifs is 1. The number of carbonyl (C=O) groups is 1. The van der Waals surface area contributed by atoms with Gasteiger partial charge in [-0.25, -0.2) is 0 Å². The molecule has 1 aromatic heterocycles. The second kappa shape index (κ2) is 8.38. The zero-order chi connectivity index (χ0) is 18.5. The predicted molar refractivity (Wildman–Crippen MR) is 103 cm³/mol. The minimum Gasteiger partial charge on any atom is -0.486 e. The van der Waals surface area contributed by atoms with Crippen LogP contribution in [-0.4, -0.2) is 18.6 Å². The maximum Gasteiger partial charge on any atom is 0.323 e. The number of halogens is 1. The van der Waals surface area contributed by atoms with E-state index < -0.39 is 12.0 Å². The second-order valence-electron chi connectivity index (χ2n) is 5.87. The average Bonchev–Trinajstić information content (AvgIpc) is 3.07. The molecule has 0 aliphatic rings. The first-order valence-corrected chi connectivity index (χ1v) is 9.16. The molecule has 0 spiro atoms. The molecule has 0 aliphatic carbocycles. The summed E-state index contributed by atoms with van der Waals surface area (Å²) in [5.74, 6) is 1.64. The Labute approximate surface area is 160 Å². The third kappa shape index (κ3) is 4.65. The number of carbonyl (C=O) groups excluding carboxylic acids is 1. The van der Waals surface area contributed by atoms with E-state index >= 15 is 0 Å². The summed E-state index contributed by atoms with van der Waals surface area (Å²) in [4.78, 5) is 11.6. The maximum atomic E-state index is 11.6. The van der Waals surface area contributed by atoms with Crippen LogP contribution < -0.4 is 10.5 Å². The van der Waals surface area contributed by atoms with E-state index in [1.165, 1.54) is 0 Å². The average molecular weight is 418 g/mol. The van der Waals surface area contributed by atoms with Crippen molar-refractivity contribution in [3.05, 3.63) is 64.5 Å². The van der Waals surface area contributed by atoms with Crippen LogP contribution >= 0.6 is 15.9 Å². The Morgan fingerprint density at radius 1 is 1.12 bits per heavy atom. The van der Waals surface area contributed by atoms with E-state index in [9.17, 15) is 4.79 Å². The quantitative estimate of drug-likeness (QED) is 0.582. The first kappa shape index (κ1) is 18.5. The lowest BCUT2D eigenvalue weighted by atomic mass is 10.1. The van der Waals surface area contributed by atoms with Crippen molar-refractivity contribution in [1.82, 2.24) is 0 Å². The van der Waals surface area contributed by atoms with Gasteiger partial charge in [-0.3, -0.25) is 4.79 Å². The fraction of sp³-hybridized carbons (Fsp3) is 0.250. The first-order valence-electron chi connectivity index (χ1n) is 8.37. The third-order valence-corrected chi connectivity index (χ3v) is 4.38. The Morgan fingerprint density at radius 3 is 2.65 bits per heavy atom. The highest BCUT2D eigenvalue weighted by Gasteiger charge is 2.17. The molecule has 5 nitrogen and oxygen atoms in total. The van der Waals surface area contributed by atoms with E-state index in [4.69, 9.17) is 19.6 Å². The molecule has 136 valence electrons. The number of benzene rings is 2. The Kier molecular flexibility index (Phi) is 5.96. The minimum absolute atomic E-state index is 0.295. The molecule has 1 unspecified atom stereocenters. The molecule has 1 heterocycles. The molecule has 0 amide bonds. The van der Waals surface area contributed by atoms with Gasteiger partial charge in [-0.1, -0.05) is 28.1 Å². The Hall–Kier alpha value is -2.31. The number of ether oxygens (including phenoxy) is 2. The van der Waals surface area contributed by atoms with Crippen molar-refractivity contribution < 1.29 is 18.7 Å². The normalized spacial score (nSPS) is 12.1. The molecule has 2 aromatic carbocycles. The summed E-state index contributed by atoms with van der Waals surface area (Å²) in [6.07, 6.45) is 0.295. The van der Waals surface area contributed by atoms with Gasteiger partial charge < -0.3 is 19.6 Å². The van der Waals surface area contributed by atoms with Crippen molar-refractivity contribution in [2.24, 2.45) is 5.73 Å². The number of hydrogen-bond donors (Lipinski definition) is 1. The smallest absolute Gasteiger partial charge is 0.323 e. The molecular formula is C20H20BrNO4. The van der Waals surface area contributed by atoms with Crippen LogP contribution in [-0.2, 0) is 22.6 Å². The Morgan fingerprint density at radius 2 is 1.85 bits per heavy atom. The SMILES string of the molecule is CCOC(=O)C(N)Cc1ccc(COc2ccc3cc(Br)ccc3c2)o1. The molecule has 3 aromatic rings. The highest BCUT2D eigenvalue weighted by Crippen LogP contribution is 2.25. The van der Waals surface area contributed by atoms with E-state index in [0.717, 1.165) is 21.0 Å². The summed E-state index contributed by atoms with van der Waals surface area (Å²) in [5.41, 5.74) is 5.80. The van der Waals surface area contributed by atoms with Gasteiger partial charge in [0.15, 0.2) is 0 Å². The summed E-state index contributed by atoms with van der Waals surface area (Å²) in [6.45, 7) is 2.36. The summed E-state index contributed by atoms with van der Waals surface area (Å²) in [7, 11) is 0. The first-order chi connectivity index (χ1) is 12.5. The molecular weight excluding hydrogens is 398 g/mol. The maximum absolute atomic E-state index is 11.6. The van der Waals surface area contributed by atoms with Crippen LogP contribution in [0.15, 0.2) is 57.4 Å². The van der Waals surface area contributed by atoms with Gasteiger partial charge in [0.05, 0.1) is 6.61 Å². The molecule has 0 radical (unpaired) electrons. The highest BCUT2D eigenvalue weighted by molar-refractivity contribution is 9.10. The van der Waals surface area contributed by atoms with Crippen LogP contribution in [0.3, 0.4) is 0 Å². The molecule has 0 fully saturated rings. The van der Waals surface area contributed by atoms with E-state index in [1.54, 1.807) is 13.0 Å². The summed E-state index contributed by atoms with van der Waals surface area (Å²) in [6, 6.07) is 14.9. The number of nitrogens with two attached hydrogens (primary N) is 1. The molecule has 1 atom stereocenters. The van der Waals surface area contributed by atoms with Gasteiger partial charge in [0, 0.05) is 10.9 Å². The fourth-order valence-corrected chi connectivity index (χ4v) is 2.98. The lowest BCUT2D eigenvalue weighted by molar-refractivity contribution is -0.144. The van der Waals surface area contributed by atoms with E-state index in [2.05, 4.69) is 22.0 Å². The van der Waals surface area contributed by atoms with Gasteiger partial charge in [0.1, 0.15) is 29.9 Å². The lowest BCUT2D eigenvalue weighted by Crippen LogP contribution is -2.34. The van der Waals surface area contributed by atoms with E-state index in [1.807, 2.05) is 36.4 Å². The fourth-order valence-electron chi connectivity index (χ4n) is 2.60. The largest absolute Gasteiger partial charge is 0.486 e. The molecule has 2 N–H and O–H groups in total. The van der Waals surface area contributed by atoms with E-state index in [-0.39, 0.29) is 0 Å². The van der Waals surface area contributed by atoms with Crippen LogP contribution in [0.1, 0.15) is 18.4 Å². The van der Waals surface area contributed by atoms with Crippen molar-refractivity contribution in [1.29, 1.82) is 0 Å². The predicted octanol–water partition coefficient (Wildman–Crippen LogP) is 4.21. The van der Waals surface area contributed by atoms with Crippen molar-refractivity contribution in [3.8, 4) is 5.75 Å². The highest BCUT2D eigenvalue weighted by atomic mass is 79.9. The monoisotopic (exact) mass is 417 g/mol. The minimum atomic E-state index is -0.727. The lowest BCUT2D eigenvalue weighted by Gasteiger charge is -2.08. The van der Waals surface area contributed by atoms with Gasteiger partial charge in [0.2, 0.25) is 0 Å². The topological polar surface area (TPSA) is 74.7 Å². The Bertz CT molecular complexity index is 906. The second-order valence-corrected chi connectivity index (χ2v) is 6.79. The summed E-state index contributed by atoms with van der Waals surface area (Å²) < 4.78 is 17.4. The molecule has 6 heteroatoms. The van der Waals surface area contributed by atoms with Crippen molar-refractivity contribution >= 4 is 32.7 Å².